The van der Waals surface area contributed by atoms with Gasteiger partial charge in [-0.3, -0.25) is 14.9 Å². The molecule has 2 N–H and O–H groups in total. The van der Waals surface area contributed by atoms with Crippen molar-refractivity contribution in [1.82, 2.24) is 15.5 Å². The molecule has 16 heavy (non-hydrogen) atoms. The molecule has 1 aromatic rings. The fourth-order valence-corrected chi connectivity index (χ4v) is 1.68. The highest BCUT2D eigenvalue weighted by atomic mass is 16.1. The van der Waals surface area contributed by atoms with Gasteiger partial charge in [-0.15, -0.1) is 0 Å². The van der Waals surface area contributed by atoms with Crippen LogP contribution < -0.4 is 5.32 Å². The summed E-state index contributed by atoms with van der Waals surface area (Å²) in [4.78, 5) is 15.6. The van der Waals surface area contributed by atoms with Crippen LogP contribution in [0.15, 0.2) is 16.8 Å². The van der Waals surface area contributed by atoms with E-state index in [0.717, 1.165) is 16.8 Å². The number of aromatic nitrogens is 2. The van der Waals surface area contributed by atoms with E-state index in [0.29, 0.717) is 5.69 Å². The average molecular weight is 218 g/mol. The fraction of sp³-hybridized carbons (Fsp3) is 0.364. The van der Waals surface area contributed by atoms with Crippen LogP contribution in [-0.2, 0) is 0 Å². The molecule has 0 bridgehead atoms. The van der Waals surface area contributed by atoms with Crippen molar-refractivity contribution in [2.75, 3.05) is 0 Å². The number of ketones is 1. The van der Waals surface area contributed by atoms with Gasteiger partial charge >= 0.3 is 0 Å². The number of carbonyl (C=O) groups excluding carboxylic acids is 1. The zero-order chi connectivity index (χ0) is 11.7. The van der Waals surface area contributed by atoms with E-state index in [9.17, 15) is 4.79 Å². The van der Waals surface area contributed by atoms with Crippen LogP contribution in [0.4, 0.5) is 0 Å². The number of carbonyl (C=O) groups is 1. The Balaban J connectivity index is 2.48. The minimum atomic E-state index is -0.0234. The first-order valence-corrected chi connectivity index (χ1v) is 5.15. The molecule has 1 aromatic heterocycles. The van der Waals surface area contributed by atoms with Gasteiger partial charge in [-0.1, -0.05) is 0 Å². The minimum Gasteiger partial charge on any atom is -0.363 e. The molecular weight excluding hydrogens is 204 g/mol. The Labute approximate surface area is 93.7 Å². The lowest BCUT2D eigenvalue weighted by molar-refractivity contribution is 0.101. The number of Topliss-reactive ketones (excluding diaryl/α,β-unsaturated/α-hetero) is 1. The molecule has 0 saturated carbocycles. The molecule has 0 radical (unpaired) electrons. The van der Waals surface area contributed by atoms with Crippen LogP contribution in [0.3, 0.4) is 0 Å². The first-order valence-electron chi connectivity index (χ1n) is 5.15. The van der Waals surface area contributed by atoms with Crippen LogP contribution in [0, 0.1) is 0 Å². The van der Waals surface area contributed by atoms with Gasteiger partial charge in [0.25, 0.3) is 0 Å². The van der Waals surface area contributed by atoms with Gasteiger partial charge in [0.05, 0.1) is 11.9 Å². The fourth-order valence-electron chi connectivity index (χ4n) is 1.68. The predicted molar refractivity (Wildman–Crippen MR) is 62.3 cm³/mol. The highest BCUT2D eigenvalue weighted by Gasteiger charge is 2.18. The monoisotopic (exact) mass is 218 g/mol. The number of hydrogen-bond donors (Lipinski definition) is 2. The third-order valence-electron chi connectivity index (χ3n) is 2.50. The summed E-state index contributed by atoms with van der Waals surface area (Å²) in [6.07, 6.45) is 3.50. The van der Waals surface area contributed by atoms with Gasteiger partial charge in [-0.25, -0.2) is 0 Å². The molecule has 0 aliphatic carbocycles. The Hall–Kier alpha value is -1.91. The summed E-state index contributed by atoms with van der Waals surface area (Å²) in [5.41, 5.74) is 3.26. The number of aromatic amines is 1. The van der Waals surface area contributed by atoms with Crippen molar-refractivity contribution < 1.29 is 4.79 Å². The number of rotatable bonds is 2. The molecule has 0 aromatic carbocycles. The van der Waals surface area contributed by atoms with E-state index in [1.807, 2.05) is 20.1 Å². The summed E-state index contributed by atoms with van der Waals surface area (Å²) in [5, 5.41) is 9.87. The minimum absolute atomic E-state index is 0.0217. The van der Waals surface area contributed by atoms with E-state index in [1.54, 1.807) is 6.20 Å². The molecule has 2 heterocycles. The summed E-state index contributed by atoms with van der Waals surface area (Å²) in [6.45, 7) is 5.43. The van der Waals surface area contributed by atoms with Gasteiger partial charge in [0, 0.05) is 18.7 Å². The number of allylic oxidation sites excluding steroid dienone is 1. The Bertz CT molecular complexity index is 484. The average Bonchev–Trinajstić information content (AvgIpc) is 2.70. The Morgan fingerprint density at radius 1 is 1.50 bits per heavy atom. The lowest BCUT2D eigenvalue weighted by Crippen LogP contribution is -2.27. The summed E-state index contributed by atoms with van der Waals surface area (Å²) in [5.74, 6) is -0.0234. The number of nitrogens with zero attached hydrogens (tertiary/aromatic N) is 2. The number of nitrogens with one attached hydrogen (secondary N) is 2. The molecule has 0 fully saturated rings. The maximum absolute atomic E-state index is 11.4. The number of H-pyrrole nitrogens is 1. The smallest absolute Gasteiger partial charge is 0.178 e. The van der Waals surface area contributed by atoms with Gasteiger partial charge in [0.15, 0.2) is 5.78 Å². The molecule has 0 amide bonds. The van der Waals surface area contributed by atoms with Crippen molar-refractivity contribution in [3.63, 3.8) is 0 Å². The van der Waals surface area contributed by atoms with Gasteiger partial charge in [-0.05, 0) is 19.4 Å². The largest absolute Gasteiger partial charge is 0.363 e. The summed E-state index contributed by atoms with van der Waals surface area (Å²) < 4.78 is 0. The molecule has 0 saturated heterocycles. The number of hydrogen-bond acceptors (Lipinski definition) is 4. The Morgan fingerprint density at radius 2 is 2.25 bits per heavy atom. The third-order valence-corrected chi connectivity index (χ3v) is 2.50. The van der Waals surface area contributed by atoms with Crippen LogP contribution >= 0.6 is 0 Å². The molecule has 1 aliphatic heterocycles. The molecular formula is C11H14N4O. The quantitative estimate of drug-likeness (QED) is 0.736. The molecule has 0 spiro atoms. The molecule has 1 unspecified atom stereocenters. The number of aliphatic imine (C=N–C) groups is 1. The maximum atomic E-state index is 11.4. The normalized spacial score (nSPS) is 19.8. The standard InChI is InChI=1S/C11H14N4O/c1-6-4-12-8(3)14-10(6)9-5-13-15-11(9)7(2)16/h4-5,8,14H,1-3H3,(H,13,15). The SMILES string of the molecule is CC(=O)c1[nH]ncc1C1=C(C)C=NC(C)N1. The highest BCUT2D eigenvalue weighted by molar-refractivity contribution is 6.00. The summed E-state index contributed by atoms with van der Waals surface area (Å²) >= 11 is 0. The predicted octanol–water partition coefficient (Wildman–Crippen LogP) is 1.36. The Kier molecular flexibility index (Phi) is 2.60. The first kappa shape index (κ1) is 10.6. The van der Waals surface area contributed by atoms with Gasteiger partial charge in [-0.2, -0.15) is 5.10 Å². The zero-order valence-corrected chi connectivity index (χ0v) is 9.53. The van der Waals surface area contributed by atoms with Crippen molar-refractivity contribution in [2.24, 2.45) is 4.99 Å². The Morgan fingerprint density at radius 3 is 2.94 bits per heavy atom. The van der Waals surface area contributed by atoms with Crippen LogP contribution in [0.5, 0.6) is 0 Å². The van der Waals surface area contributed by atoms with Gasteiger partial charge in [0.2, 0.25) is 0 Å². The van der Waals surface area contributed by atoms with E-state index in [-0.39, 0.29) is 11.9 Å². The van der Waals surface area contributed by atoms with E-state index >= 15 is 0 Å². The maximum Gasteiger partial charge on any atom is 0.178 e. The molecule has 1 aliphatic rings. The summed E-state index contributed by atoms with van der Waals surface area (Å²) in [6, 6.07) is 0. The van der Waals surface area contributed by atoms with Crippen molar-refractivity contribution in [2.45, 2.75) is 26.9 Å². The zero-order valence-electron chi connectivity index (χ0n) is 9.53. The van der Waals surface area contributed by atoms with Crippen molar-refractivity contribution in [3.05, 3.63) is 23.0 Å². The van der Waals surface area contributed by atoms with Crippen molar-refractivity contribution in [1.29, 1.82) is 0 Å². The van der Waals surface area contributed by atoms with E-state index in [4.69, 9.17) is 0 Å². The lowest BCUT2D eigenvalue weighted by Gasteiger charge is -2.20. The van der Waals surface area contributed by atoms with E-state index < -0.39 is 0 Å². The second-order valence-corrected chi connectivity index (χ2v) is 3.87. The molecule has 5 nitrogen and oxygen atoms in total. The first-order chi connectivity index (χ1) is 7.59. The lowest BCUT2D eigenvalue weighted by atomic mass is 10.1. The topological polar surface area (TPSA) is 70.1 Å². The molecule has 5 heteroatoms. The summed E-state index contributed by atoms with van der Waals surface area (Å²) in [7, 11) is 0. The van der Waals surface area contributed by atoms with Crippen LogP contribution in [0.2, 0.25) is 0 Å². The second kappa shape index (κ2) is 3.92. The van der Waals surface area contributed by atoms with Crippen molar-refractivity contribution >= 4 is 17.7 Å². The van der Waals surface area contributed by atoms with Crippen LogP contribution in [0.25, 0.3) is 5.70 Å². The van der Waals surface area contributed by atoms with Gasteiger partial charge < -0.3 is 5.32 Å². The third kappa shape index (κ3) is 1.76. The molecule has 2 rings (SSSR count). The molecule has 84 valence electrons. The van der Waals surface area contributed by atoms with Crippen molar-refractivity contribution in [3.8, 4) is 0 Å². The van der Waals surface area contributed by atoms with Crippen LogP contribution in [0.1, 0.15) is 36.8 Å². The highest BCUT2D eigenvalue weighted by Crippen LogP contribution is 2.21. The van der Waals surface area contributed by atoms with E-state index in [2.05, 4.69) is 20.5 Å². The second-order valence-electron chi connectivity index (χ2n) is 3.87. The van der Waals surface area contributed by atoms with Gasteiger partial charge in [0.1, 0.15) is 11.9 Å². The van der Waals surface area contributed by atoms with Crippen LogP contribution in [-0.4, -0.2) is 28.4 Å². The van der Waals surface area contributed by atoms with E-state index in [1.165, 1.54) is 6.92 Å². The molecule has 1 atom stereocenters.